The number of aryl methyl sites for hydroxylation is 2. The van der Waals surface area contributed by atoms with E-state index in [0.717, 1.165) is 18.5 Å². The zero-order chi connectivity index (χ0) is 15.8. The summed E-state index contributed by atoms with van der Waals surface area (Å²) in [6.45, 7) is 4.97. The third-order valence-electron chi connectivity index (χ3n) is 4.03. The first kappa shape index (κ1) is 15.3. The van der Waals surface area contributed by atoms with Gasteiger partial charge < -0.3 is 15.2 Å². The summed E-state index contributed by atoms with van der Waals surface area (Å²) in [4.78, 5) is 23.3. The summed E-state index contributed by atoms with van der Waals surface area (Å²) < 4.78 is 7.16. The second-order valence-electron chi connectivity index (χ2n) is 5.74. The molecule has 0 saturated heterocycles. The number of aliphatic carboxylic acids is 1. The van der Waals surface area contributed by atoms with Gasteiger partial charge in [0.25, 0.3) is 5.91 Å². The van der Waals surface area contributed by atoms with Gasteiger partial charge in [-0.3, -0.25) is 9.48 Å². The monoisotopic (exact) mass is 295 g/mol. The molecule has 0 aliphatic heterocycles. The molecule has 1 aliphatic carbocycles. The van der Waals surface area contributed by atoms with E-state index < -0.39 is 17.4 Å². The number of aromatic nitrogens is 2. The summed E-state index contributed by atoms with van der Waals surface area (Å²) in [7, 11) is 1.80. The van der Waals surface area contributed by atoms with Gasteiger partial charge in [-0.15, -0.1) is 0 Å². The molecule has 1 amide bonds. The second kappa shape index (κ2) is 5.38. The highest BCUT2D eigenvalue weighted by atomic mass is 16.5. The van der Waals surface area contributed by atoms with E-state index in [-0.39, 0.29) is 12.5 Å². The first-order chi connectivity index (χ1) is 9.75. The Bertz CT molecular complexity index is 577. The lowest BCUT2D eigenvalue weighted by atomic mass is 9.96. The van der Waals surface area contributed by atoms with E-state index in [1.807, 2.05) is 6.92 Å². The molecule has 1 heterocycles. The van der Waals surface area contributed by atoms with Crippen LogP contribution in [0.1, 0.15) is 31.2 Å². The molecule has 21 heavy (non-hydrogen) atoms. The molecule has 0 spiro atoms. The van der Waals surface area contributed by atoms with Crippen LogP contribution in [0.2, 0.25) is 0 Å². The number of amides is 1. The molecular formula is C14H21N3O4. The average Bonchev–Trinajstić information content (AvgIpc) is 3.19. The summed E-state index contributed by atoms with van der Waals surface area (Å²) >= 11 is 0. The van der Waals surface area contributed by atoms with Crippen molar-refractivity contribution >= 4 is 11.9 Å². The third-order valence-corrected chi connectivity index (χ3v) is 4.03. The van der Waals surface area contributed by atoms with Crippen LogP contribution in [0.5, 0.6) is 5.75 Å². The largest absolute Gasteiger partial charge is 0.480 e. The zero-order valence-corrected chi connectivity index (χ0v) is 12.8. The molecule has 2 rings (SSSR count). The van der Waals surface area contributed by atoms with Crippen LogP contribution < -0.4 is 10.1 Å². The molecule has 1 aromatic heterocycles. The van der Waals surface area contributed by atoms with Crippen LogP contribution in [-0.2, 0) is 16.6 Å². The number of rotatable bonds is 6. The van der Waals surface area contributed by atoms with Crippen LogP contribution in [0, 0.1) is 19.8 Å². The SMILES string of the molecule is Cc1nn(C)c(C)c1OCC(=O)NC(C)(C(=O)O)C1CC1. The standard InChI is InChI=1S/C14H21N3O4/c1-8-12(9(2)17(4)16-8)21-7-11(18)15-14(3,13(19)20)10-5-6-10/h10H,5-7H2,1-4H3,(H,15,18)(H,19,20). The van der Waals surface area contributed by atoms with Crippen molar-refractivity contribution in [2.24, 2.45) is 13.0 Å². The zero-order valence-electron chi connectivity index (χ0n) is 12.8. The van der Waals surface area contributed by atoms with E-state index in [0.29, 0.717) is 11.4 Å². The highest BCUT2D eigenvalue weighted by Crippen LogP contribution is 2.39. The van der Waals surface area contributed by atoms with Gasteiger partial charge in [-0.05, 0) is 39.5 Å². The number of ether oxygens (including phenoxy) is 1. The van der Waals surface area contributed by atoms with E-state index in [1.54, 1.807) is 25.6 Å². The number of nitrogens with one attached hydrogen (secondary N) is 1. The number of carbonyl (C=O) groups excluding carboxylic acids is 1. The molecule has 1 saturated carbocycles. The molecule has 0 bridgehead atoms. The Hall–Kier alpha value is -2.05. The van der Waals surface area contributed by atoms with E-state index in [2.05, 4.69) is 10.4 Å². The fourth-order valence-corrected chi connectivity index (χ4v) is 2.42. The third kappa shape index (κ3) is 3.01. The molecule has 116 valence electrons. The molecule has 0 aromatic carbocycles. The number of carboxylic acid groups (broad SMARTS) is 1. The normalized spacial score (nSPS) is 17.1. The van der Waals surface area contributed by atoms with Crippen LogP contribution in [0.3, 0.4) is 0 Å². The summed E-state index contributed by atoms with van der Waals surface area (Å²) in [6.07, 6.45) is 1.65. The summed E-state index contributed by atoms with van der Waals surface area (Å²) in [6, 6.07) is 0. The van der Waals surface area contributed by atoms with Crippen LogP contribution in [0.25, 0.3) is 0 Å². The minimum atomic E-state index is -1.21. The van der Waals surface area contributed by atoms with Crippen molar-refractivity contribution in [3.63, 3.8) is 0 Å². The summed E-state index contributed by atoms with van der Waals surface area (Å²) in [5.74, 6) is -0.876. The Morgan fingerprint density at radius 1 is 1.48 bits per heavy atom. The average molecular weight is 295 g/mol. The Labute approximate surface area is 123 Å². The van der Waals surface area contributed by atoms with E-state index in [9.17, 15) is 14.7 Å². The van der Waals surface area contributed by atoms with Gasteiger partial charge in [-0.1, -0.05) is 0 Å². The van der Waals surface area contributed by atoms with Gasteiger partial charge in [0.15, 0.2) is 12.4 Å². The Balaban J connectivity index is 1.97. The lowest BCUT2D eigenvalue weighted by Gasteiger charge is -2.26. The fraction of sp³-hybridized carbons (Fsp3) is 0.643. The summed E-state index contributed by atoms with van der Waals surface area (Å²) in [5.41, 5.74) is 0.314. The minimum absolute atomic E-state index is 0.000754. The predicted octanol–water partition coefficient (Wildman–Crippen LogP) is 0.785. The van der Waals surface area contributed by atoms with Crippen LogP contribution in [0.15, 0.2) is 0 Å². The van der Waals surface area contributed by atoms with E-state index in [4.69, 9.17) is 4.74 Å². The van der Waals surface area contributed by atoms with Crippen LogP contribution in [0.4, 0.5) is 0 Å². The lowest BCUT2D eigenvalue weighted by molar-refractivity contribution is -0.148. The lowest BCUT2D eigenvalue weighted by Crippen LogP contribution is -2.55. The maximum atomic E-state index is 12.0. The van der Waals surface area contributed by atoms with E-state index in [1.165, 1.54) is 0 Å². The van der Waals surface area contributed by atoms with Crippen molar-refractivity contribution in [1.82, 2.24) is 15.1 Å². The van der Waals surface area contributed by atoms with Gasteiger partial charge >= 0.3 is 5.97 Å². The highest BCUT2D eigenvalue weighted by molar-refractivity contribution is 5.88. The van der Waals surface area contributed by atoms with Gasteiger partial charge in [-0.25, -0.2) is 4.79 Å². The number of hydrogen-bond acceptors (Lipinski definition) is 4. The number of carboxylic acids is 1. The molecule has 7 heteroatoms. The topological polar surface area (TPSA) is 93.5 Å². The molecule has 0 radical (unpaired) electrons. The maximum Gasteiger partial charge on any atom is 0.329 e. The number of nitrogens with zero attached hydrogens (tertiary/aromatic N) is 2. The van der Waals surface area contributed by atoms with Crippen LogP contribution in [-0.4, -0.2) is 38.9 Å². The molecule has 1 aliphatic rings. The van der Waals surface area contributed by atoms with Crippen molar-refractivity contribution in [3.05, 3.63) is 11.4 Å². The number of carbonyl (C=O) groups is 2. The van der Waals surface area contributed by atoms with Gasteiger partial charge in [0.1, 0.15) is 11.2 Å². The first-order valence-corrected chi connectivity index (χ1v) is 6.93. The quantitative estimate of drug-likeness (QED) is 0.809. The predicted molar refractivity (Wildman–Crippen MR) is 75.1 cm³/mol. The van der Waals surface area contributed by atoms with Crippen molar-refractivity contribution in [3.8, 4) is 5.75 Å². The van der Waals surface area contributed by atoms with Gasteiger partial charge in [-0.2, -0.15) is 5.10 Å². The highest BCUT2D eigenvalue weighted by Gasteiger charge is 2.48. The molecule has 2 N–H and O–H groups in total. The maximum absolute atomic E-state index is 12.0. The fourth-order valence-electron chi connectivity index (χ4n) is 2.42. The minimum Gasteiger partial charge on any atom is -0.480 e. The van der Waals surface area contributed by atoms with Crippen LogP contribution >= 0.6 is 0 Å². The van der Waals surface area contributed by atoms with Crippen molar-refractivity contribution < 1.29 is 19.4 Å². The first-order valence-electron chi connectivity index (χ1n) is 6.93. The van der Waals surface area contributed by atoms with Gasteiger partial charge in [0.2, 0.25) is 0 Å². The molecule has 7 nitrogen and oxygen atoms in total. The Kier molecular flexibility index (Phi) is 3.93. The second-order valence-corrected chi connectivity index (χ2v) is 5.74. The van der Waals surface area contributed by atoms with Crippen molar-refractivity contribution in [1.29, 1.82) is 0 Å². The Morgan fingerprint density at radius 3 is 2.52 bits per heavy atom. The summed E-state index contributed by atoms with van der Waals surface area (Å²) in [5, 5.41) is 16.1. The molecule has 1 aromatic rings. The van der Waals surface area contributed by atoms with Crippen molar-refractivity contribution in [2.45, 2.75) is 39.2 Å². The smallest absolute Gasteiger partial charge is 0.329 e. The van der Waals surface area contributed by atoms with Gasteiger partial charge in [0, 0.05) is 7.05 Å². The van der Waals surface area contributed by atoms with Crippen molar-refractivity contribution in [2.75, 3.05) is 6.61 Å². The molecular weight excluding hydrogens is 274 g/mol. The molecule has 1 atom stereocenters. The van der Waals surface area contributed by atoms with E-state index >= 15 is 0 Å². The Morgan fingerprint density at radius 2 is 2.10 bits per heavy atom. The molecule has 1 unspecified atom stereocenters. The molecule has 1 fully saturated rings. The van der Waals surface area contributed by atoms with Gasteiger partial charge in [0.05, 0.1) is 5.69 Å². The number of hydrogen-bond donors (Lipinski definition) is 2.